The summed E-state index contributed by atoms with van der Waals surface area (Å²) in [5, 5.41) is 6.98. The fourth-order valence-corrected chi connectivity index (χ4v) is 3.47. The van der Waals surface area contributed by atoms with E-state index in [0.29, 0.717) is 34.7 Å². The minimum Gasteiger partial charge on any atom is -0.497 e. The number of nitrogens with one attached hydrogen (secondary N) is 1. The van der Waals surface area contributed by atoms with Gasteiger partial charge in [-0.2, -0.15) is 4.98 Å². The molecule has 2 aliphatic rings. The van der Waals surface area contributed by atoms with Gasteiger partial charge in [-0.15, -0.1) is 0 Å². The van der Waals surface area contributed by atoms with Crippen LogP contribution in [0.4, 0.5) is 22.0 Å². The zero-order valence-corrected chi connectivity index (χ0v) is 15.2. The van der Waals surface area contributed by atoms with E-state index in [1.54, 1.807) is 30.5 Å². The number of anilines is 3. The van der Waals surface area contributed by atoms with Gasteiger partial charge in [0.2, 0.25) is 11.8 Å². The summed E-state index contributed by atoms with van der Waals surface area (Å²) in [6.45, 7) is 3.42. The lowest BCUT2D eigenvalue weighted by Crippen LogP contribution is -2.66. The summed E-state index contributed by atoms with van der Waals surface area (Å²) in [6.07, 6.45) is 1.69. The fraction of sp³-hybridized carbons (Fsp3) is 0.316. The average Bonchev–Trinajstić information content (AvgIpc) is 3.07. The summed E-state index contributed by atoms with van der Waals surface area (Å²) in [7, 11) is 1.49. The van der Waals surface area contributed by atoms with Crippen LogP contribution in [-0.2, 0) is 4.74 Å². The van der Waals surface area contributed by atoms with Crippen molar-refractivity contribution in [2.75, 3.05) is 43.6 Å². The van der Waals surface area contributed by atoms with Gasteiger partial charge in [-0.1, -0.05) is 5.16 Å². The largest absolute Gasteiger partial charge is 0.497 e. The summed E-state index contributed by atoms with van der Waals surface area (Å²) >= 11 is 0. The van der Waals surface area contributed by atoms with E-state index in [0.717, 1.165) is 26.3 Å². The lowest BCUT2D eigenvalue weighted by atomic mass is 9.78. The van der Waals surface area contributed by atoms with Crippen molar-refractivity contribution in [3.8, 4) is 17.0 Å². The quantitative estimate of drug-likeness (QED) is 0.720. The number of halogens is 1. The number of methoxy groups -OCH3 is 1. The molecule has 1 spiro atoms. The molecular formula is C19H18FN5O3. The van der Waals surface area contributed by atoms with E-state index in [1.807, 2.05) is 0 Å². The Kier molecular flexibility index (Phi) is 3.90. The molecule has 144 valence electrons. The van der Waals surface area contributed by atoms with Crippen LogP contribution in [0, 0.1) is 11.2 Å². The van der Waals surface area contributed by atoms with Gasteiger partial charge in [0.05, 0.1) is 25.7 Å². The third kappa shape index (κ3) is 2.93. The van der Waals surface area contributed by atoms with Crippen LogP contribution in [0.25, 0.3) is 11.3 Å². The molecule has 0 amide bonds. The van der Waals surface area contributed by atoms with E-state index in [4.69, 9.17) is 14.0 Å². The van der Waals surface area contributed by atoms with E-state index < -0.39 is 5.82 Å². The highest BCUT2D eigenvalue weighted by molar-refractivity contribution is 5.65. The first-order valence-electron chi connectivity index (χ1n) is 8.88. The molecule has 0 aliphatic carbocycles. The van der Waals surface area contributed by atoms with Gasteiger partial charge in [-0.05, 0) is 18.2 Å². The van der Waals surface area contributed by atoms with Crippen molar-refractivity contribution in [1.82, 2.24) is 15.1 Å². The highest BCUT2D eigenvalue weighted by Gasteiger charge is 2.49. The predicted molar refractivity (Wildman–Crippen MR) is 99.2 cm³/mol. The molecule has 9 heteroatoms. The Morgan fingerprint density at radius 3 is 2.79 bits per heavy atom. The molecule has 0 unspecified atom stereocenters. The predicted octanol–water partition coefficient (Wildman–Crippen LogP) is 2.86. The van der Waals surface area contributed by atoms with Gasteiger partial charge in [0.15, 0.2) is 0 Å². The van der Waals surface area contributed by atoms with E-state index in [9.17, 15) is 4.39 Å². The van der Waals surface area contributed by atoms with Crippen LogP contribution in [0.2, 0.25) is 0 Å². The number of hydrogen-bond donors (Lipinski definition) is 1. The Balaban J connectivity index is 1.30. The van der Waals surface area contributed by atoms with E-state index in [-0.39, 0.29) is 5.41 Å². The molecule has 3 aromatic rings. The zero-order valence-electron chi connectivity index (χ0n) is 15.2. The Hall–Kier alpha value is -3.20. The van der Waals surface area contributed by atoms with Gasteiger partial charge < -0.3 is 24.2 Å². The molecule has 0 atom stereocenters. The Morgan fingerprint density at radius 2 is 2.07 bits per heavy atom. The molecule has 2 saturated heterocycles. The molecule has 2 aliphatic heterocycles. The number of hydrogen-bond acceptors (Lipinski definition) is 8. The molecule has 0 bridgehead atoms. The first kappa shape index (κ1) is 16.9. The number of aromatic nitrogens is 3. The third-order valence-corrected chi connectivity index (χ3v) is 5.01. The summed E-state index contributed by atoms with van der Waals surface area (Å²) in [5.41, 5.74) is 0.996. The van der Waals surface area contributed by atoms with Gasteiger partial charge >= 0.3 is 0 Å². The van der Waals surface area contributed by atoms with Gasteiger partial charge in [-0.25, -0.2) is 9.37 Å². The van der Waals surface area contributed by atoms with Crippen LogP contribution in [0.1, 0.15) is 0 Å². The maximum atomic E-state index is 14.2. The number of rotatable bonds is 5. The highest BCUT2D eigenvalue weighted by atomic mass is 19.1. The highest BCUT2D eigenvalue weighted by Crippen LogP contribution is 2.39. The maximum absolute atomic E-state index is 14.2. The summed E-state index contributed by atoms with van der Waals surface area (Å²) in [6, 6.07) is 7.94. The van der Waals surface area contributed by atoms with Crippen LogP contribution < -0.4 is 15.0 Å². The molecule has 1 N–H and O–H groups in total. The molecule has 5 rings (SSSR count). The number of ether oxygens (including phenoxy) is 2. The van der Waals surface area contributed by atoms with Crippen molar-refractivity contribution in [1.29, 1.82) is 0 Å². The van der Waals surface area contributed by atoms with Crippen LogP contribution in [0.15, 0.2) is 41.1 Å². The topological polar surface area (TPSA) is 85.5 Å². The summed E-state index contributed by atoms with van der Waals surface area (Å²) in [5.74, 6) is 1.60. The van der Waals surface area contributed by atoms with Crippen molar-refractivity contribution >= 4 is 17.7 Å². The molecule has 8 nitrogen and oxygen atoms in total. The van der Waals surface area contributed by atoms with Gasteiger partial charge in [0, 0.05) is 37.0 Å². The minimum atomic E-state index is -0.435. The third-order valence-electron chi connectivity index (χ3n) is 5.01. The standard InChI is InChI=1S/C19H18FN5O3/c1-26-12-2-3-13(14(20)6-12)15-7-17(28-24-15)22-16-4-5-21-18(23-16)25-8-19(9-25)10-27-11-19/h2-7H,8-11H2,1H3,(H,21,22,23). The van der Waals surface area contributed by atoms with Crippen LogP contribution in [0.3, 0.4) is 0 Å². The second kappa shape index (κ2) is 6.45. The van der Waals surface area contributed by atoms with Crippen LogP contribution >= 0.6 is 0 Å². The van der Waals surface area contributed by atoms with Crippen LogP contribution in [0.5, 0.6) is 5.75 Å². The first-order chi connectivity index (χ1) is 13.6. The molecule has 0 radical (unpaired) electrons. The average molecular weight is 383 g/mol. The second-order valence-corrected chi connectivity index (χ2v) is 7.14. The lowest BCUT2D eigenvalue weighted by molar-refractivity contribution is -0.127. The van der Waals surface area contributed by atoms with Crippen molar-refractivity contribution in [2.45, 2.75) is 0 Å². The first-order valence-corrected chi connectivity index (χ1v) is 8.88. The molecule has 4 heterocycles. The van der Waals surface area contributed by atoms with Crippen LogP contribution in [-0.4, -0.2) is 48.5 Å². The van der Waals surface area contributed by atoms with Gasteiger partial charge in [-0.3, -0.25) is 0 Å². The van der Waals surface area contributed by atoms with Crippen molar-refractivity contribution in [3.63, 3.8) is 0 Å². The smallest absolute Gasteiger partial charge is 0.230 e. The van der Waals surface area contributed by atoms with E-state index in [1.165, 1.54) is 13.2 Å². The fourth-order valence-electron chi connectivity index (χ4n) is 3.47. The maximum Gasteiger partial charge on any atom is 0.230 e. The number of nitrogens with zero attached hydrogens (tertiary/aromatic N) is 4. The molecule has 2 aromatic heterocycles. The van der Waals surface area contributed by atoms with E-state index in [2.05, 4.69) is 25.3 Å². The molecule has 1 aromatic carbocycles. The Labute approximate surface area is 160 Å². The SMILES string of the molecule is COc1ccc(-c2cc(Nc3ccnc(N4CC5(COC5)C4)n3)on2)c(F)c1. The Bertz CT molecular complexity index is 1010. The molecule has 2 fully saturated rings. The summed E-state index contributed by atoms with van der Waals surface area (Å²) in [4.78, 5) is 11.0. The monoisotopic (exact) mass is 383 g/mol. The normalized spacial score (nSPS) is 17.1. The number of benzene rings is 1. The molecular weight excluding hydrogens is 365 g/mol. The second-order valence-electron chi connectivity index (χ2n) is 7.14. The molecule has 28 heavy (non-hydrogen) atoms. The lowest BCUT2D eigenvalue weighted by Gasteiger charge is -2.54. The van der Waals surface area contributed by atoms with Crippen molar-refractivity contribution in [2.24, 2.45) is 5.41 Å². The summed E-state index contributed by atoms with van der Waals surface area (Å²) < 4.78 is 29.8. The van der Waals surface area contributed by atoms with Gasteiger partial charge in [0.1, 0.15) is 23.1 Å². The molecule has 0 saturated carbocycles. The zero-order chi connectivity index (χ0) is 19.1. The van der Waals surface area contributed by atoms with E-state index >= 15 is 0 Å². The van der Waals surface area contributed by atoms with Crippen molar-refractivity contribution in [3.05, 3.63) is 42.3 Å². The minimum absolute atomic E-state index is 0.287. The van der Waals surface area contributed by atoms with Gasteiger partial charge in [0.25, 0.3) is 0 Å². The van der Waals surface area contributed by atoms with Crippen molar-refractivity contribution < 1.29 is 18.4 Å². The Morgan fingerprint density at radius 1 is 1.21 bits per heavy atom.